The molecule has 0 N–H and O–H groups in total. The molecule has 0 aliphatic heterocycles. The van der Waals surface area contributed by atoms with Crippen molar-refractivity contribution in [2.75, 3.05) is 7.11 Å². The molecule has 0 heterocycles. The van der Waals surface area contributed by atoms with Gasteiger partial charge in [0.2, 0.25) is 0 Å². The predicted octanol–water partition coefficient (Wildman–Crippen LogP) is 4.67. The van der Waals surface area contributed by atoms with Gasteiger partial charge in [-0.05, 0) is 23.8 Å². The number of alkyl halides is 1. The van der Waals surface area contributed by atoms with Crippen molar-refractivity contribution >= 4 is 23.2 Å². The Kier molecular flexibility index (Phi) is 4.94. The second kappa shape index (κ2) is 6.69. The first-order valence-electron chi connectivity index (χ1n) is 5.83. The maximum atomic E-state index is 6.08. The van der Waals surface area contributed by atoms with Crippen LogP contribution in [0, 0.1) is 0 Å². The third-order valence-electron chi connectivity index (χ3n) is 2.72. The molecule has 2 aromatic rings. The highest BCUT2D eigenvalue weighted by Gasteiger charge is 2.07. The molecule has 0 aliphatic carbocycles. The summed E-state index contributed by atoms with van der Waals surface area (Å²) in [6.07, 6.45) is 0. The Balaban J connectivity index is 2.13. The molecule has 19 heavy (non-hydrogen) atoms. The average molecular weight is 297 g/mol. The summed E-state index contributed by atoms with van der Waals surface area (Å²) in [4.78, 5) is 0. The first-order chi connectivity index (χ1) is 9.24. The molecule has 0 spiro atoms. The summed E-state index contributed by atoms with van der Waals surface area (Å²) in [5.41, 5.74) is 1.93. The van der Waals surface area contributed by atoms with Crippen LogP contribution in [-0.2, 0) is 12.5 Å². The fourth-order valence-electron chi connectivity index (χ4n) is 1.69. The van der Waals surface area contributed by atoms with Crippen LogP contribution in [0.4, 0.5) is 0 Å². The van der Waals surface area contributed by atoms with Crippen LogP contribution < -0.4 is 9.47 Å². The van der Waals surface area contributed by atoms with Gasteiger partial charge >= 0.3 is 0 Å². The van der Waals surface area contributed by atoms with Gasteiger partial charge in [-0.15, -0.1) is 11.6 Å². The first kappa shape index (κ1) is 14.0. The van der Waals surface area contributed by atoms with E-state index in [-0.39, 0.29) is 0 Å². The van der Waals surface area contributed by atoms with Gasteiger partial charge in [0.15, 0.2) is 11.5 Å². The van der Waals surface area contributed by atoms with E-state index in [0.29, 0.717) is 29.0 Å². The van der Waals surface area contributed by atoms with Crippen molar-refractivity contribution in [1.82, 2.24) is 0 Å². The molecule has 0 amide bonds. The van der Waals surface area contributed by atoms with E-state index in [2.05, 4.69) is 0 Å². The third-order valence-corrected chi connectivity index (χ3v) is 3.40. The Labute approximate surface area is 122 Å². The van der Waals surface area contributed by atoms with E-state index < -0.39 is 0 Å². The zero-order valence-electron chi connectivity index (χ0n) is 10.5. The molecule has 100 valence electrons. The molecule has 2 nitrogen and oxygen atoms in total. The topological polar surface area (TPSA) is 18.5 Å². The summed E-state index contributed by atoms with van der Waals surface area (Å²) in [6.45, 7) is 0.399. The molecule has 0 radical (unpaired) electrons. The smallest absolute Gasteiger partial charge is 0.161 e. The summed E-state index contributed by atoms with van der Waals surface area (Å²) in [5.74, 6) is 1.79. The maximum absolute atomic E-state index is 6.08. The van der Waals surface area contributed by atoms with E-state index in [0.717, 1.165) is 11.1 Å². The minimum absolute atomic E-state index is 0.399. The van der Waals surface area contributed by atoms with Gasteiger partial charge in [0.05, 0.1) is 7.11 Å². The largest absolute Gasteiger partial charge is 0.493 e. The number of halogens is 2. The number of benzene rings is 2. The first-order valence-corrected chi connectivity index (χ1v) is 6.75. The molecule has 0 aromatic heterocycles. The van der Waals surface area contributed by atoms with Crippen LogP contribution >= 0.6 is 23.2 Å². The molecule has 0 bridgehead atoms. The molecular formula is C15H14Cl2O2. The highest BCUT2D eigenvalue weighted by molar-refractivity contribution is 6.31. The van der Waals surface area contributed by atoms with Crippen LogP contribution in [0.1, 0.15) is 11.1 Å². The lowest BCUT2D eigenvalue weighted by Gasteiger charge is -2.12. The summed E-state index contributed by atoms with van der Waals surface area (Å²) in [7, 11) is 1.61. The van der Waals surface area contributed by atoms with Gasteiger partial charge in [0, 0.05) is 16.5 Å². The van der Waals surface area contributed by atoms with Gasteiger partial charge < -0.3 is 9.47 Å². The van der Waals surface area contributed by atoms with E-state index in [9.17, 15) is 0 Å². The van der Waals surface area contributed by atoms with Gasteiger partial charge in [-0.2, -0.15) is 0 Å². The predicted molar refractivity (Wildman–Crippen MR) is 78.3 cm³/mol. The summed E-state index contributed by atoms with van der Waals surface area (Å²) >= 11 is 11.9. The van der Waals surface area contributed by atoms with Crippen molar-refractivity contribution in [3.63, 3.8) is 0 Å². The molecule has 0 aliphatic rings. The molecule has 0 unspecified atom stereocenters. The van der Waals surface area contributed by atoms with E-state index in [1.807, 2.05) is 42.5 Å². The van der Waals surface area contributed by atoms with Gasteiger partial charge in [-0.25, -0.2) is 0 Å². The van der Waals surface area contributed by atoms with Crippen LogP contribution in [-0.4, -0.2) is 7.11 Å². The monoisotopic (exact) mass is 296 g/mol. The van der Waals surface area contributed by atoms with Crippen molar-refractivity contribution in [1.29, 1.82) is 0 Å². The Hall–Kier alpha value is -1.38. The zero-order chi connectivity index (χ0) is 13.7. The van der Waals surface area contributed by atoms with Crippen LogP contribution in [0.3, 0.4) is 0 Å². The van der Waals surface area contributed by atoms with Crippen LogP contribution in [0.15, 0.2) is 42.5 Å². The second-order valence-electron chi connectivity index (χ2n) is 4.00. The lowest BCUT2D eigenvalue weighted by atomic mass is 10.2. The van der Waals surface area contributed by atoms with Crippen molar-refractivity contribution in [2.45, 2.75) is 12.5 Å². The van der Waals surface area contributed by atoms with Crippen LogP contribution in [0.2, 0.25) is 5.02 Å². The van der Waals surface area contributed by atoms with E-state index in [4.69, 9.17) is 32.7 Å². The quantitative estimate of drug-likeness (QED) is 0.747. The van der Waals surface area contributed by atoms with Crippen molar-refractivity contribution in [3.8, 4) is 11.5 Å². The fourth-order valence-corrected chi connectivity index (χ4v) is 2.04. The summed E-state index contributed by atoms with van der Waals surface area (Å²) in [5, 5.41) is 0.693. The minimum Gasteiger partial charge on any atom is -0.493 e. The highest BCUT2D eigenvalue weighted by atomic mass is 35.5. The maximum Gasteiger partial charge on any atom is 0.161 e. The number of hydrogen-bond donors (Lipinski definition) is 0. The van der Waals surface area contributed by atoms with Crippen LogP contribution in [0.5, 0.6) is 11.5 Å². The third kappa shape index (κ3) is 3.55. The lowest BCUT2D eigenvalue weighted by Crippen LogP contribution is -1.98. The molecule has 0 fully saturated rings. The lowest BCUT2D eigenvalue weighted by molar-refractivity contribution is 0.284. The van der Waals surface area contributed by atoms with Gasteiger partial charge in [0.1, 0.15) is 6.61 Å². The van der Waals surface area contributed by atoms with Crippen LogP contribution in [0.25, 0.3) is 0 Å². The van der Waals surface area contributed by atoms with Gasteiger partial charge in [0.25, 0.3) is 0 Å². The fraction of sp³-hybridized carbons (Fsp3) is 0.200. The number of hydrogen-bond acceptors (Lipinski definition) is 2. The van der Waals surface area contributed by atoms with Crippen molar-refractivity contribution < 1.29 is 9.47 Å². The van der Waals surface area contributed by atoms with E-state index >= 15 is 0 Å². The Morgan fingerprint density at radius 1 is 1.05 bits per heavy atom. The molecular weight excluding hydrogens is 283 g/mol. The molecule has 4 heteroatoms. The van der Waals surface area contributed by atoms with Gasteiger partial charge in [-0.1, -0.05) is 35.9 Å². The molecule has 0 atom stereocenters. The normalized spacial score (nSPS) is 10.3. The molecule has 2 rings (SSSR count). The second-order valence-corrected chi connectivity index (χ2v) is 4.67. The standard InChI is InChI=1S/C15H14Cl2O2/c1-18-15-8-11(9-16)6-7-14(15)19-10-12-4-2-3-5-13(12)17/h2-8H,9-10H2,1H3. The van der Waals surface area contributed by atoms with Crippen molar-refractivity contribution in [2.24, 2.45) is 0 Å². The Morgan fingerprint density at radius 2 is 1.84 bits per heavy atom. The minimum atomic E-state index is 0.399. The average Bonchev–Trinajstić information content (AvgIpc) is 2.46. The van der Waals surface area contributed by atoms with Crippen molar-refractivity contribution in [3.05, 3.63) is 58.6 Å². The number of ether oxygens (including phenoxy) is 2. The summed E-state index contributed by atoms with van der Waals surface area (Å²) < 4.78 is 11.0. The Bertz CT molecular complexity index is 556. The Morgan fingerprint density at radius 3 is 2.53 bits per heavy atom. The molecule has 0 saturated heterocycles. The van der Waals surface area contributed by atoms with E-state index in [1.54, 1.807) is 7.11 Å². The molecule has 2 aromatic carbocycles. The number of rotatable bonds is 5. The van der Waals surface area contributed by atoms with Gasteiger partial charge in [-0.3, -0.25) is 0 Å². The highest BCUT2D eigenvalue weighted by Crippen LogP contribution is 2.30. The summed E-state index contributed by atoms with van der Waals surface area (Å²) in [6, 6.07) is 13.2. The zero-order valence-corrected chi connectivity index (χ0v) is 12.0. The molecule has 0 saturated carbocycles. The number of methoxy groups -OCH3 is 1. The van der Waals surface area contributed by atoms with E-state index in [1.165, 1.54) is 0 Å². The SMILES string of the molecule is COc1cc(CCl)ccc1OCc1ccccc1Cl.